The highest BCUT2D eigenvalue weighted by Gasteiger charge is 2.18. The third kappa shape index (κ3) is 4.52. The van der Waals surface area contributed by atoms with Gasteiger partial charge in [-0.2, -0.15) is 0 Å². The van der Waals surface area contributed by atoms with Gasteiger partial charge in [-0.3, -0.25) is 4.79 Å². The molecule has 0 bridgehead atoms. The van der Waals surface area contributed by atoms with Gasteiger partial charge in [-0.25, -0.2) is 0 Å². The average molecular weight is 274 g/mol. The largest absolute Gasteiger partial charge is 0.481 e. The fourth-order valence-electron chi connectivity index (χ4n) is 1.27. The number of aliphatic hydroxyl groups excluding tert-OH is 2. The van der Waals surface area contributed by atoms with Gasteiger partial charge < -0.3 is 20.3 Å². The van der Waals surface area contributed by atoms with Crippen molar-refractivity contribution in [3.8, 4) is 5.75 Å². The molecule has 1 aromatic carbocycles. The van der Waals surface area contributed by atoms with Crippen LogP contribution in [0.15, 0.2) is 24.3 Å². The monoisotopic (exact) mass is 273 g/mol. The number of rotatable bonds is 6. The lowest BCUT2D eigenvalue weighted by atomic mass is 10.3. The smallest absolute Gasteiger partial charge is 0.261 e. The molecule has 0 aliphatic heterocycles. The first kappa shape index (κ1) is 14.8. The second-order valence-corrected chi connectivity index (χ2v) is 4.22. The van der Waals surface area contributed by atoms with Crippen LogP contribution < -0.4 is 10.1 Å². The van der Waals surface area contributed by atoms with E-state index in [4.69, 9.17) is 26.6 Å². The molecule has 1 rings (SSSR count). The lowest BCUT2D eigenvalue weighted by molar-refractivity contribution is -0.128. The minimum Gasteiger partial charge on any atom is -0.481 e. The summed E-state index contributed by atoms with van der Waals surface area (Å²) in [4.78, 5) is 11.7. The highest BCUT2D eigenvalue weighted by molar-refractivity contribution is 6.30. The van der Waals surface area contributed by atoms with Crippen LogP contribution in [-0.4, -0.2) is 41.5 Å². The van der Waals surface area contributed by atoms with Crippen LogP contribution in [0.25, 0.3) is 0 Å². The van der Waals surface area contributed by atoms with Gasteiger partial charge in [-0.1, -0.05) is 17.7 Å². The maximum Gasteiger partial charge on any atom is 0.261 e. The van der Waals surface area contributed by atoms with E-state index in [9.17, 15) is 4.79 Å². The summed E-state index contributed by atoms with van der Waals surface area (Å²) < 4.78 is 5.39. The van der Waals surface area contributed by atoms with Gasteiger partial charge in [-0.15, -0.1) is 0 Å². The Hall–Kier alpha value is -1.30. The van der Waals surface area contributed by atoms with Crippen LogP contribution in [0.3, 0.4) is 0 Å². The summed E-state index contributed by atoms with van der Waals surface area (Å²) in [6.07, 6.45) is -0.746. The van der Waals surface area contributed by atoms with Crippen molar-refractivity contribution in [3.05, 3.63) is 29.3 Å². The van der Waals surface area contributed by atoms with Crippen molar-refractivity contribution in [2.24, 2.45) is 0 Å². The van der Waals surface area contributed by atoms with Crippen molar-refractivity contribution in [2.75, 3.05) is 13.2 Å². The number of halogens is 1. The molecule has 18 heavy (non-hydrogen) atoms. The molecule has 0 aliphatic rings. The summed E-state index contributed by atoms with van der Waals surface area (Å²) in [5.74, 6) is 0.0674. The molecular weight excluding hydrogens is 258 g/mol. The zero-order valence-electron chi connectivity index (χ0n) is 9.97. The lowest BCUT2D eigenvalue weighted by Gasteiger charge is -2.18. The predicted octanol–water partition coefficient (Wildman–Crippen LogP) is 0.577. The van der Waals surface area contributed by atoms with Gasteiger partial charge in [0.2, 0.25) is 0 Å². The minimum atomic E-state index is -0.746. The van der Waals surface area contributed by atoms with Gasteiger partial charge in [0.1, 0.15) is 5.75 Å². The van der Waals surface area contributed by atoms with E-state index in [1.807, 2.05) is 0 Å². The molecule has 5 nitrogen and oxygen atoms in total. The summed E-state index contributed by atoms with van der Waals surface area (Å²) in [5.41, 5.74) is 0. The SMILES string of the molecule is CC(Oc1cccc(Cl)c1)C(=O)NC(CO)CO. The molecule has 6 heteroatoms. The van der Waals surface area contributed by atoms with E-state index in [1.165, 1.54) is 0 Å². The predicted molar refractivity (Wildman–Crippen MR) is 67.6 cm³/mol. The Balaban J connectivity index is 2.54. The Labute approximate surface area is 110 Å². The van der Waals surface area contributed by atoms with Crippen molar-refractivity contribution >= 4 is 17.5 Å². The van der Waals surface area contributed by atoms with Gasteiger partial charge in [-0.05, 0) is 25.1 Å². The van der Waals surface area contributed by atoms with E-state index in [2.05, 4.69) is 5.32 Å². The lowest BCUT2D eigenvalue weighted by Crippen LogP contribution is -2.45. The van der Waals surface area contributed by atoms with Gasteiger partial charge in [0.05, 0.1) is 19.3 Å². The average Bonchev–Trinajstić information content (AvgIpc) is 2.35. The molecule has 100 valence electrons. The molecule has 0 spiro atoms. The first-order valence-electron chi connectivity index (χ1n) is 5.51. The Bertz CT molecular complexity index is 395. The van der Waals surface area contributed by atoms with E-state index >= 15 is 0 Å². The van der Waals surface area contributed by atoms with Gasteiger partial charge in [0, 0.05) is 5.02 Å². The molecule has 0 aliphatic carbocycles. The summed E-state index contributed by atoms with van der Waals surface area (Å²) >= 11 is 5.79. The number of nitrogens with one attached hydrogen (secondary N) is 1. The molecule has 0 aromatic heterocycles. The topological polar surface area (TPSA) is 78.8 Å². The van der Waals surface area contributed by atoms with Crippen molar-refractivity contribution in [2.45, 2.75) is 19.1 Å². The number of benzene rings is 1. The van der Waals surface area contributed by atoms with Crippen LogP contribution in [-0.2, 0) is 4.79 Å². The van der Waals surface area contributed by atoms with Crippen LogP contribution >= 0.6 is 11.6 Å². The molecule has 1 amide bonds. The second kappa shape index (κ2) is 7.20. The van der Waals surface area contributed by atoms with Gasteiger partial charge in [0.25, 0.3) is 5.91 Å². The molecule has 3 N–H and O–H groups in total. The van der Waals surface area contributed by atoms with Crippen molar-refractivity contribution in [1.29, 1.82) is 0 Å². The molecule has 0 heterocycles. The third-order valence-electron chi connectivity index (χ3n) is 2.27. The Morgan fingerprint density at radius 3 is 2.67 bits per heavy atom. The fraction of sp³-hybridized carbons (Fsp3) is 0.417. The standard InChI is InChI=1S/C12H16ClNO4/c1-8(12(17)14-10(6-15)7-16)18-11-4-2-3-9(13)5-11/h2-5,8,10,15-16H,6-7H2,1H3,(H,14,17). The van der Waals surface area contributed by atoms with Gasteiger partial charge >= 0.3 is 0 Å². The first-order chi connectivity index (χ1) is 8.56. The second-order valence-electron chi connectivity index (χ2n) is 3.79. The molecule has 0 radical (unpaired) electrons. The molecular formula is C12H16ClNO4. The molecule has 1 atom stereocenters. The zero-order valence-corrected chi connectivity index (χ0v) is 10.7. The van der Waals surface area contributed by atoms with Crippen LogP contribution in [0.4, 0.5) is 0 Å². The summed E-state index contributed by atoms with van der Waals surface area (Å²) in [6.45, 7) is 0.917. The van der Waals surface area contributed by atoms with E-state index in [0.29, 0.717) is 10.8 Å². The van der Waals surface area contributed by atoms with Crippen LogP contribution in [0.5, 0.6) is 5.75 Å². The van der Waals surface area contributed by atoms with Crippen LogP contribution in [0.2, 0.25) is 5.02 Å². The number of carbonyl (C=O) groups is 1. The fourth-order valence-corrected chi connectivity index (χ4v) is 1.45. The number of carbonyl (C=O) groups excluding carboxylic acids is 1. The molecule has 0 saturated heterocycles. The molecule has 0 fully saturated rings. The zero-order chi connectivity index (χ0) is 13.5. The van der Waals surface area contributed by atoms with Crippen LogP contribution in [0, 0.1) is 0 Å². The highest BCUT2D eigenvalue weighted by Crippen LogP contribution is 2.18. The van der Waals surface area contributed by atoms with E-state index in [-0.39, 0.29) is 13.2 Å². The Morgan fingerprint density at radius 1 is 1.44 bits per heavy atom. The van der Waals surface area contributed by atoms with E-state index in [1.54, 1.807) is 31.2 Å². The van der Waals surface area contributed by atoms with Gasteiger partial charge in [0.15, 0.2) is 6.10 Å². The molecule has 1 unspecified atom stereocenters. The van der Waals surface area contributed by atoms with Crippen molar-refractivity contribution in [1.82, 2.24) is 5.32 Å². The summed E-state index contributed by atoms with van der Waals surface area (Å²) in [6, 6.07) is 6.02. The van der Waals surface area contributed by atoms with Crippen molar-refractivity contribution in [3.63, 3.8) is 0 Å². The third-order valence-corrected chi connectivity index (χ3v) is 2.50. The molecule has 1 aromatic rings. The number of hydrogen-bond acceptors (Lipinski definition) is 4. The number of ether oxygens (including phenoxy) is 1. The molecule has 0 saturated carbocycles. The minimum absolute atomic E-state index is 0.327. The van der Waals surface area contributed by atoms with Crippen LogP contribution in [0.1, 0.15) is 6.92 Å². The van der Waals surface area contributed by atoms with Crippen molar-refractivity contribution < 1.29 is 19.7 Å². The number of hydrogen-bond donors (Lipinski definition) is 3. The maximum atomic E-state index is 11.7. The van der Waals surface area contributed by atoms with E-state index in [0.717, 1.165) is 0 Å². The number of aliphatic hydroxyl groups is 2. The van der Waals surface area contributed by atoms with E-state index < -0.39 is 18.1 Å². The Kier molecular flexibility index (Phi) is 5.91. The quantitative estimate of drug-likeness (QED) is 0.708. The Morgan fingerprint density at radius 2 is 2.11 bits per heavy atom. The normalized spacial score (nSPS) is 12.3. The highest BCUT2D eigenvalue weighted by atomic mass is 35.5. The summed E-state index contributed by atoms with van der Waals surface area (Å²) in [5, 5.41) is 20.7. The maximum absolute atomic E-state index is 11.7. The number of amides is 1. The first-order valence-corrected chi connectivity index (χ1v) is 5.89. The summed E-state index contributed by atoms with van der Waals surface area (Å²) in [7, 11) is 0.